The zero-order valence-electron chi connectivity index (χ0n) is 22.0. The highest BCUT2D eigenvalue weighted by molar-refractivity contribution is 5.88. The van der Waals surface area contributed by atoms with Crippen LogP contribution in [0.15, 0.2) is 48.5 Å². The van der Waals surface area contributed by atoms with Gasteiger partial charge in [0.05, 0.1) is 26.1 Å². The van der Waals surface area contributed by atoms with Crippen LogP contribution in [0.3, 0.4) is 0 Å². The van der Waals surface area contributed by atoms with Crippen molar-refractivity contribution in [2.45, 2.75) is 37.2 Å². The summed E-state index contributed by atoms with van der Waals surface area (Å²) >= 11 is 0. The molecular formula is C28H35NO10. The van der Waals surface area contributed by atoms with Crippen molar-refractivity contribution in [2.24, 2.45) is 0 Å². The average molecular weight is 546 g/mol. The van der Waals surface area contributed by atoms with Gasteiger partial charge in [-0.3, -0.25) is 14.4 Å². The molecule has 0 bridgehead atoms. The molecule has 0 saturated heterocycles. The first kappa shape index (κ1) is 31.4. The minimum absolute atomic E-state index is 0.192. The Balaban J connectivity index is 0.000000349. The number of carboxylic acids is 3. The van der Waals surface area contributed by atoms with Crippen LogP contribution in [0.5, 0.6) is 0 Å². The Bertz CT molecular complexity index is 1080. The topological polar surface area (TPSA) is 171 Å². The van der Waals surface area contributed by atoms with Gasteiger partial charge in [0.1, 0.15) is 12.5 Å². The maximum atomic E-state index is 12.9. The van der Waals surface area contributed by atoms with Crippen molar-refractivity contribution in [3.05, 3.63) is 70.8 Å². The second-order valence-electron chi connectivity index (χ2n) is 9.39. The van der Waals surface area contributed by atoms with Gasteiger partial charge in [0.25, 0.3) is 0 Å². The monoisotopic (exact) mass is 545 g/mol. The second-order valence-corrected chi connectivity index (χ2v) is 9.39. The number of nitrogens with zero attached hydrogens (tertiary/aromatic N) is 1. The molecule has 2 aromatic carbocycles. The molecule has 2 aromatic rings. The third-order valence-corrected chi connectivity index (χ3v) is 6.07. The van der Waals surface area contributed by atoms with Gasteiger partial charge in [-0.25, -0.2) is 4.79 Å². The number of carbonyl (C=O) groups is 4. The first-order valence-electron chi connectivity index (χ1n) is 12.4. The Kier molecular flexibility index (Phi) is 12.1. The van der Waals surface area contributed by atoms with Crippen molar-refractivity contribution in [3.8, 4) is 0 Å². The maximum absolute atomic E-state index is 12.9. The van der Waals surface area contributed by atoms with Crippen LogP contribution in [-0.2, 0) is 41.5 Å². The summed E-state index contributed by atoms with van der Waals surface area (Å²) in [7, 11) is 4.01. The summed E-state index contributed by atoms with van der Waals surface area (Å²) in [6, 6.07) is 16.4. The van der Waals surface area contributed by atoms with E-state index in [-0.39, 0.29) is 18.5 Å². The lowest BCUT2D eigenvalue weighted by atomic mass is 9.88. The van der Waals surface area contributed by atoms with Gasteiger partial charge in [-0.1, -0.05) is 48.5 Å². The van der Waals surface area contributed by atoms with E-state index in [2.05, 4.69) is 29.2 Å². The van der Waals surface area contributed by atoms with Gasteiger partial charge in [-0.2, -0.15) is 0 Å². The molecule has 0 radical (unpaired) electrons. The molecule has 1 aliphatic carbocycles. The number of hydrogen-bond donors (Lipinski definition) is 4. The minimum atomic E-state index is -2.74. The van der Waals surface area contributed by atoms with Gasteiger partial charge < -0.3 is 34.8 Å². The minimum Gasteiger partial charge on any atom is -0.481 e. The van der Waals surface area contributed by atoms with E-state index in [1.807, 2.05) is 38.4 Å². The van der Waals surface area contributed by atoms with Crippen molar-refractivity contribution in [1.29, 1.82) is 0 Å². The quantitative estimate of drug-likeness (QED) is 0.226. The SMILES string of the molecule is CN(C)CCOCCOC(=O)C1c2ccccc2CCc2ccccc21.O=C(O)CC(O)(CC(=O)O)C(=O)O. The molecular weight excluding hydrogens is 510 g/mol. The van der Waals surface area contributed by atoms with Crippen LogP contribution in [0.2, 0.25) is 0 Å². The van der Waals surface area contributed by atoms with Gasteiger partial charge in [0.2, 0.25) is 0 Å². The normalized spacial score (nSPS) is 12.8. The van der Waals surface area contributed by atoms with Crippen LogP contribution in [-0.4, -0.2) is 95.3 Å². The van der Waals surface area contributed by atoms with Crippen LogP contribution in [0.4, 0.5) is 0 Å². The van der Waals surface area contributed by atoms with E-state index in [9.17, 15) is 19.2 Å². The summed E-state index contributed by atoms with van der Waals surface area (Å²) in [5.41, 5.74) is 1.85. The number of likely N-dealkylation sites (N-methyl/N-ethyl adjacent to an activating group) is 1. The van der Waals surface area contributed by atoms with Crippen molar-refractivity contribution in [2.75, 3.05) is 40.5 Å². The number of benzene rings is 2. The lowest BCUT2D eigenvalue weighted by molar-refractivity contribution is -0.170. The molecule has 0 amide bonds. The Labute approximate surface area is 226 Å². The van der Waals surface area contributed by atoms with Gasteiger partial charge in [0.15, 0.2) is 5.60 Å². The van der Waals surface area contributed by atoms with E-state index >= 15 is 0 Å². The number of hydrogen-bond acceptors (Lipinski definition) is 8. The molecule has 11 heteroatoms. The Morgan fingerprint density at radius 3 is 1.74 bits per heavy atom. The van der Waals surface area contributed by atoms with E-state index in [4.69, 9.17) is 29.9 Å². The highest BCUT2D eigenvalue weighted by Gasteiger charge is 2.40. The van der Waals surface area contributed by atoms with Crippen LogP contribution in [0, 0.1) is 0 Å². The molecule has 0 unspecified atom stereocenters. The maximum Gasteiger partial charge on any atom is 0.336 e. The summed E-state index contributed by atoms with van der Waals surface area (Å²) in [6.07, 6.45) is -0.390. The fourth-order valence-corrected chi connectivity index (χ4v) is 4.13. The number of aryl methyl sites for hydroxylation is 2. The molecule has 0 atom stereocenters. The second kappa shape index (κ2) is 15.0. The van der Waals surface area contributed by atoms with Crippen molar-refractivity contribution < 1.29 is 49.1 Å². The van der Waals surface area contributed by atoms with Crippen LogP contribution >= 0.6 is 0 Å². The molecule has 4 N–H and O–H groups in total. The van der Waals surface area contributed by atoms with Crippen molar-refractivity contribution >= 4 is 23.9 Å². The molecule has 0 heterocycles. The predicted octanol–water partition coefficient (Wildman–Crippen LogP) is 1.79. The molecule has 3 rings (SSSR count). The fraction of sp³-hybridized carbons (Fsp3) is 0.429. The van der Waals surface area contributed by atoms with Gasteiger partial charge in [0, 0.05) is 6.54 Å². The molecule has 0 aliphatic heterocycles. The average Bonchev–Trinajstić information content (AvgIpc) is 3.02. The Morgan fingerprint density at radius 1 is 0.821 bits per heavy atom. The third kappa shape index (κ3) is 9.78. The number of fused-ring (bicyclic) bond motifs is 2. The zero-order chi connectivity index (χ0) is 29.0. The summed E-state index contributed by atoms with van der Waals surface area (Å²) in [4.78, 5) is 45.5. The van der Waals surface area contributed by atoms with E-state index in [1.165, 1.54) is 11.1 Å². The van der Waals surface area contributed by atoms with E-state index in [1.54, 1.807) is 0 Å². The largest absolute Gasteiger partial charge is 0.481 e. The van der Waals surface area contributed by atoms with E-state index < -0.39 is 36.4 Å². The highest BCUT2D eigenvalue weighted by atomic mass is 16.6. The highest BCUT2D eigenvalue weighted by Crippen LogP contribution is 2.35. The van der Waals surface area contributed by atoms with Crippen LogP contribution in [0.1, 0.15) is 41.0 Å². The smallest absolute Gasteiger partial charge is 0.336 e. The molecule has 11 nitrogen and oxygen atoms in total. The standard InChI is InChI=1S/C22H27NO3.C6H8O7/c1-23(2)13-14-25-15-16-26-22(24)21-19-9-5-3-7-17(19)11-12-18-8-4-6-10-20(18)21;7-3(8)1-6(13,5(11)12)2-4(9)10/h3-10,21H,11-16H2,1-2H3;13H,1-2H2,(H,7,8)(H,9,10)(H,11,12). The predicted molar refractivity (Wildman–Crippen MR) is 140 cm³/mol. The van der Waals surface area contributed by atoms with Gasteiger partial charge in [-0.15, -0.1) is 0 Å². The lowest BCUT2D eigenvalue weighted by Gasteiger charge is -2.19. The molecule has 0 aromatic heterocycles. The zero-order valence-corrected chi connectivity index (χ0v) is 22.0. The molecule has 0 fully saturated rings. The van der Waals surface area contributed by atoms with Crippen LogP contribution in [0.25, 0.3) is 0 Å². The van der Waals surface area contributed by atoms with Gasteiger partial charge >= 0.3 is 23.9 Å². The fourth-order valence-electron chi connectivity index (χ4n) is 4.13. The third-order valence-electron chi connectivity index (χ3n) is 6.07. The van der Waals surface area contributed by atoms with E-state index in [0.717, 1.165) is 30.5 Å². The number of aliphatic hydroxyl groups is 1. The van der Waals surface area contributed by atoms with Gasteiger partial charge in [-0.05, 0) is 49.2 Å². The number of carboxylic acid groups (broad SMARTS) is 3. The number of aliphatic carboxylic acids is 3. The Morgan fingerprint density at radius 2 is 1.31 bits per heavy atom. The van der Waals surface area contributed by atoms with Crippen LogP contribution < -0.4 is 0 Å². The van der Waals surface area contributed by atoms with Crippen molar-refractivity contribution in [3.63, 3.8) is 0 Å². The molecule has 212 valence electrons. The first-order valence-corrected chi connectivity index (χ1v) is 12.4. The summed E-state index contributed by atoms with van der Waals surface area (Å²) in [6.45, 7) is 2.21. The van der Waals surface area contributed by atoms with Crippen molar-refractivity contribution in [1.82, 2.24) is 4.90 Å². The lowest BCUT2D eigenvalue weighted by Crippen LogP contribution is -2.42. The molecule has 0 saturated carbocycles. The molecule has 0 spiro atoms. The number of rotatable bonds is 12. The first-order chi connectivity index (χ1) is 18.4. The number of ether oxygens (including phenoxy) is 2. The summed E-state index contributed by atoms with van der Waals surface area (Å²) < 4.78 is 11.1. The van der Waals surface area contributed by atoms with E-state index in [0.29, 0.717) is 13.2 Å². The molecule has 39 heavy (non-hydrogen) atoms. The Hall–Kier alpha value is -3.80. The number of esters is 1. The summed E-state index contributed by atoms with van der Waals surface area (Å²) in [5, 5.41) is 33.8. The number of carbonyl (C=O) groups excluding carboxylic acids is 1. The molecule has 1 aliphatic rings. The summed E-state index contributed by atoms with van der Waals surface area (Å²) in [5.74, 6) is -5.57.